The largest absolute Gasteiger partial charge is 0.449 e. The van der Waals surface area contributed by atoms with Gasteiger partial charge >= 0.3 is 0 Å². The van der Waals surface area contributed by atoms with Gasteiger partial charge in [-0.25, -0.2) is 9.97 Å². The molecule has 0 bridgehead atoms. The van der Waals surface area contributed by atoms with Crippen LogP contribution in [0.3, 0.4) is 0 Å². The predicted molar refractivity (Wildman–Crippen MR) is 189 cm³/mol. The molecule has 0 radical (unpaired) electrons. The van der Waals surface area contributed by atoms with Gasteiger partial charge in [0.05, 0.1) is 11.4 Å². The second-order valence-electron chi connectivity index (χ2n) is 12.9. The summed E-state index contributed by atoms with van der Waals surface area (Å²) in [6, 6.07) is 41.8. The number of fused-ring (bicyclic) bond motifs is 6. The minimum atomic E-state index is -0.123. The van der Waals surface area contributed by atoms with Crippen molar-refractivity contribution >= 4 is 11.1 Å². The van der Waals surface area contributed by atoms with Crippen molar-refractivity contribution in [2.24, 2.45) is 0 Å². The van der Waals surface area contributed by atoms with Gasteiger partial charge < -0.3 is 9.47 Å². The molecule has 0 saturated carbocycles. The lowest BCUT2D eigenvalue weighted by molar-refractivity contribution is 0.361. The van der Waals surface area contributed by atoms with Crippen LogP contribution in [-0.4, -0.2) is 9.97 Å². The van der Waals surface area contributed by atoms with Crippen LogP contribution >= 0.6 is 0 Å². The normalized spacial score (nSPS) is 15.2. The number of aromatic nitrogens is 2. The third-order valence-electron chi connectivity index (χ3n) is 9.72. The van der Waals surface area contributed by atoms with Crippen molar-refractivity contribution < 1.29 is 9.47 Å². The topological polar surface area (TPSA) is 44.2 Å². The molecule has 4 nitrogen and oxygen atoms in total. The Bertz CT molecular complexity index is 2270. The monoisotopic (exact) mass is 608 g/mol. The van der Waals surface area contributed by atoms with E-state index in [1.807, 2.05) is 36.4 Å². The van der Waals surface area contributed by atoms with Gasteiger partial charge in [0.15, 0.2) is 28.8 Å². The van der Waals surface area contributed by atoms with Crippen molar-refractivity contribution in [2.45, 2.75) is 32.1 Å². The van der Waals surface area contributed by atoms with Gasteiger partial charge in [-0.15, -0.1) is 0 Å². The van der Waals surface area contributed by atoms with Crippen LogP contribution in [0.15, 0.2) is 133 Å². The molecule has 1 aliphatic heterocycles. The SMILES string of the molecule is CC1(C)c2ccccc2-c2c1ccc1c2Oc2cccc(-c3cc(-c4ccccc4)nc(C4=CC=C(c5ccccc5)CC4)n3)c2O1. The molecule has 47 heavy (non-hydrogen) atoms. The fourth-order valence-electron chi connectivity index (χ4n) is 7.25. The molecule has 3 aliphatic rings. The van der Waals surface area contributed by atoms with E-state index < -0.39 is 0 Å². The Balaban J connectivity index is 1.15. The first kappa shape index (κ1) is 27.6. The number of hydrogen-bond acceptors (Lipinski definition) is 4. The lowest BCUT2D eigenvalue weighted by Crippen LogP contribution is -2.15. The highest BCUT2D eigenvalue weighted by Gasteiger charge is 2.39. The molecule has 0 atom stereocenters. The molecule has 0 unspecified atom stereocenters. The number of para-hydroxylation sites is 1. The number of nitrogens with zero attached hydrogens (tertiary/aromatic N) is 2. The summed E-state index contributed by atoms with van der Waals surface area (Å²) in [6.45, 7) is 4.55. The molecule has 226 valence electrons. The highest BCUT2D eigenvalue weighted by molar-refractivity contribution is 5.89. The molecule has 0 fully saturated rings. The van der Waals surface area contributed by atoms with Crippen LogP contribution in [0, 0.1) is 0 Å². The van der Waals surface area contributed by atoms with Crippen molar-refractivity contribution in [1.29, 1.82) is 0 Å². The molecule has 6 aromatic rings. The smallest absolute Gasteiger partial charge is 0.179 e. The van der Waals surface area contributed by atoms with E-state index in [4.69, 9.17) is 19.4 Å². The molecule has 2 heterocycles. The van der Waals surface area contributed by atoms with Crippen molar-refractivity contribution in [3.8, 4) is 56.6 Å². The Kier molecular flexibility index (Phi) is 6.26. The lowest BCUT2D eigenvalue weighted by Gasteiger charge is -2.26. The highest BCUT2D eigenvalue weighted by Crippen LogP contribution is 2.59. The van der Waals surface area contributed by atoms with Crippen LogP contribution in [0.1, 0.15) is 49.2 Å². The number of hydrogen-bond donors (Lipinski definition) is 0. The van der Waals surface area contributed by atoms with Crippen molar-refractivity contribution in [1.82, 2.24) is 9.97 Å². The summed E-state index contributed by atoms with van der Waals surface area (Å²) in [5, 5.41) is 0. The first-order valence-electron chi connectivity index (χ1n) is 16.2. The number of allylic oxidation sites excluding steroid dienone is 4. The molecular formula is C43H32N2O2. The summed E-state index contributed by atoms with van der Waals surface area (Å²) in [5.74, 6) is 3.56. The van der Waals surface area contributed by atoms with Gasteiger partial charge in [0.1, 0.15) is 0 Å². The molecule has 1 aromatic heterocycles. The van der Waals surface area contributed by atoms with Gasteiger partial charge in [-0.2, -0.15) is 0 Å². The van der Waals surface area contributed by atoms with Crippen LogP contribution in [0.5, 0.6) is 23.0 Å². The molecule has 0 saturated heterocycles. The number of rotatable bonds is 4. The summed E-state index contributed by atoms with van der Waals surface area (Å²) in [5.41, 5.74) is 12.0. The average Bonchev–Trinajstić information content (AvgIpc) is 3.37. The van der Waals surface area contributed by atoms with Crippen LogP contribution in [0.4, 0.5) is 0 Å². The second-order valence-corrected chi connectivity index (χ2v) is 12.9. The van der Waals surface area contributed by atoms with E-state index in [1.54, 1.807) is 0 Å². The second kappa shape index (κ2) is 10.7. The van der Waals surface area contributed by atoms with Crippen LogP contribution in [0.2, 0.25) is 0 Å². The molecule has 2 aliphatic carbocycles. The van der Waals surface area contributed by atoms with Crippen LogP contribution in [0.25, 0.3) is 44.8 Å². The summed E-state index contributed by atoms with van der Waals surface area (Å²) in [6.07, 6.45) is 6.18. The van der Waals surface area contributed by atoms with Crippen molar-refractivity contribution in [3.05, 3.63) is 156 Å². The molecule has 5 aromatic carbocycles. The summed E-state index contributed by atoms with van der Waals surface area (Å²) in [7, 11) is 0. The molecule has 9 rings (SSSR count). The summed E-state index contributed by atoms with van der Waals surface area (Å²) < 4.78 is 13.5. The Morgan fingerprint density at radius 1 is 0.532 bits per heavy atom. The fourth-order valence-corrected chi connectivity index (χ4v) is 7.25. The van der Waals surface area contributed by atoms with E-state index in [9.17, 15) is 0 Å². The van der Waals surface area contributed by atoms with Gasteiger partial charge in [-0.1, -0.05) is 123 Å². The lowest BCUT2D eigenvalue weighted by atomic mass is 9.82. The van der Waals surface area contributed by atoms with E-state index in [0.29, 0.717) is 17.2 Å². The van der Waals surface area contributed by atoms with Crippen LogP contribution < -0.4 is 9.47 Å². The molecule has 0 spiro atoms. The predicted octanol–water partition coefficient (Wildman–Crippen LogP) is 11.3. The molecule has 0 amide bonds. The Labute approximate surface area is 274 Å². The van der Waals surface area contributed by atoms with Crippen molar-refractivity contribution in [2.75, 3.05) is 0 Å². The van der Waals surface area contributed by atoms with Gasteiger partial charge in [-0.05, 0) is 70.5 Å². The van der Waals surface area contributed by atoms with E-state index in [0.717, 1.165) is 58.1 Å². The summed E-state index contributed by atoms with van der Waals surface area (Å²) >= 11 is 0. The first-order valence-corrected chi connectivity index (χ1v) is 16.2. The van der Waals surface area contributed by atoms with E-state index >= 15 is 0 Å². The average molecular weight is 609 g/mol. The van der Waals surface area contributed by atoms with E-state index in [2.05, 4.69) is 111 Å². The number of benzene rings is 5. The summed E-state index contributed by atoms with van der Waals surface area (Å²) in [4.78, 5) is 10.3. The zero-order valence-corrected chi connectivity index (χ0v) is 26.3. The third kappa shape index (κ3) is 4.51. The zero-order chi connectivity index (χ0) is 31.5. The maximum Gasteiger partial charge on any atom is 0.179 e. The quantitative estimate of drug-likeness (QED) is 0.199. The standard InChI is InChI=1S/C43H32N2O2/c1-43(2)33-18-10-9-16-31(33)39-34(43)24-25-38-41(39)47-37-19-11-17-32(40(37)46-38)36-26-35(29-14-7-4-8-15-29)44-42(45-36)30-22-20-28(21-23-30)27-12-5-3-6-13-27/h3-20,22,24-26H,21,23H2,1-2H3. The maximum absolute atomic E-state index is 6.76. The van der Waals surface area contributed by atoms with Gasteiger partial charge in [0, 0.05) is 22.1 Å². The minimum Gasteiger partial charge on any atom is -0.449 e. The minimum absolute atomic E-state index is 0.123. The number of ether oxygens (including phenoxy) is 2. The van der Waals surface area contributed by atoms with Gasteiger partial charge in [-0.3, -0.25) is 0 Å². The zero-order valence-electron chi connectivity index (χ0n) is 26.3. The molecule has 4 heteroatoms. The highest BCUT2D eigenvalue weighted by atomic mass is 16.6. The molecular weight excluding hydrogens is 576 g/mol. The Morgan fingerprint density at radius 2 is 1.17 bits per heavy atom. The maximum atomic E-state index is 6.76. The fraction of sp³-hybridized carbons (Fsp3) is 0.116. The van der Waals surface area contributed by atoms with Gasteiger partial charge in [0.2, 0.25) is 0 Å². The van der Waals surface area contributed by atoms with Gasteiger partial charge in [0.25, 0.3) is 0 Å². The molecule has 0 N–H and O–H groups in total. The van der Waals surface area contributed by atoms with Crippen LogP contribution in [-0.2, 0) is 5.41 Å². The van der Waals surface area contributed by atoms with Crippen molar-refractivity contribution in [3.63, 3.8) is 0 Å². The third-order valence-corrected chi connectivity index (χ3v) is 9.72. The Morgan fingerprint density at radius 3 is 1.96 bits per heavy atom. The van der Waals surface area contributed by atoms with E-state index in [-0.39, 0.29) is 5.41 Å². The first-order chi connectivity index (χ1) is 23.0. The van der Waals surface area contributed by atoms with E-state index in [1.165, 1.54) is 27.8 Å². The Hall–Kier alpha value is -5.74.